The summed E-state index contributed by atoms with van der Waals surface area (Å²) in [6, 6.07) is 0. The number of ether oxygens (including phenoxy) is 2. The lowest BCUT2D eigenvalue weighted by atomic mass is 10.5. The van der Waals surface area contributed by atoms with Gasteiger partial charge in [-0.25, -0.2) is 4.98 Å². The Hall–Kier alpha value is -1.97. The van der Waals surface area contributed by atoms with Crippen LogP contribution in [0.15, 0.2) is 6.33 Å². The Morgan fingerprint density at radius 3 is 3.00 bits per heavy atom. The minimum absolute atomic E-state index is 0.0689. The van der Waals surface area contributed by atoms with Crippen molar-refractivity contribution in [1.29, 1.82) is 0 Å². The number of aliphatic hydroxyl groups excluding tert-OH is 1. The van der Waals surface area contributed by atoms with E-state index in [4.69, 9.17) is 26.0 Å². The number of hydrogen-bond donors (Lipinski definition) is 3. The van der Waals surface area contributed by atoms with Crippen molar-refractivity contribution < 1.29 is 14.6 Å². The summed E-state index contributed by atoms with van der Waals surface area (Å²) < 4.78 is 12.3. The maximum Gasteiger partial charge on any atom is 0.224 e. The van der Waals surface area contributed by atoms with Gasteiger partial charge in [0.25, 0.3) is 0 Å². The molecule has 9 heteroatoms. The smallest absolute Gasteiger partial charge is 0.224 e. The van der Waals surface area contributed by atoms with Crippen LogP contribution in [0.5, 0.6) is 0 Å². The molecule has 1 unspecified atom stereocenters. The van der Waals surface area contributed by atoms with Gasteiger partial charge in [-0.15, -0.1) is 0 Å². The van der Waals surface area contributed by atoms with Gasteiger partial charge in [-0.1, -0.05) is 0 Å². The first-order valence-corrected chi connectivity index (χ1v) is 5.32. The highest BCUT2D eigenvalue weighted by Gasteiger charge is 2.28. The summed E-state index contributed by atoms with van der Waals surface area (Å²) in [5.41, 5.74) is 12.2. The van der Waals surface area contributed by atoms with Gasteiger partial charge in [-0.05, 0) is 0 Å². The molecule has 0 aliphatic carbocycles. The molecule has 1 aliphatic heterocycles. The van der Waals surface area contributed by atoms with Gasteiger partial charge < -0.3 is 26.0 Å². The van der Waals surface area contributed by atoms with Crippen LogP contribution in [0.4, 0.5) is 11.8 Å². The van der Waals surface area contributed by atoms with Crippen molar-refractivity contribution in [2.24, 2.45) is 0 Å². The molecule has 3 heterocycles. The average Bonchev–Trinajstić information content (AvgIpc) is 2.93. The molecule has 18 heavy (non-hydrogen) atoms. The summed E-state index contributed by atoms with van der Waals surface area (Å²) in [5, 5.41) is 8.94. The van der Waals surface area contributed by atoms with E-state index in [1.807, 2.05) is 0 Å². The number of fused-ring (bicyclic) bond motifs is 1. The molecule has 96 valence electrons. The lowest BCUT2D eigenvalue weighted by Gasteiger charge is -2.11. The number of anilines is 2. The maximum atomic E-state index is 8.94. The van der Waals surface area contributed by atoms with Crippen LogP contribution in [-0.2, 0) is 9.47 Å². The molecule has 9 nitrogen and oxygen atoms in total. The van der Waals surface area contributed by atoms with E-state index in [0.29, 0.717) is 17.8 Å². The summed E-state index contributed by atoms with van der Waals surface area (Å²) in [5.74, 6) is 0.285. The largest absolute Gasteiger partial charge is 0.391 e. The number of nitrogens with two attached hydrogens (primary N) is 2. The fourth-order valence-electron chi connectivity index (χ4n) is 1.85. The molecule has 0 aromatic carbocycles. The SMILES string of the molecule is Nc1nc(N)c2ncn(C3CO[C@@H](CO)O3)c2n1. The first-order valence-electron chi connectivity index (χ1n) is 5.32. The molecular weight excluding hydrogens is 240 g/mol. The van der Waals surface area contributed by atoms with Crippen molar-refractivity contribution in [2.75, 3.05) is 24.7 Å². The number of imidazole rings is 1. The summed E-state index contributed by atoms with van der Waals surface area (Å²) >= 11 is 0. The van der Waals surface area contributed by atoms with Crippen LogP contribution in [0.1, 0.15) is 6.23 Å². The van der Waals surface area contributed by atoms with Crippen molar-refractivity contribution in [3.8, 4) is 0 Å². The fourth-order valence-corrected chi connectivity index (χ4v) is 1.85. The monoisotopic (exact) mass is 252 g/mol. The minimum atomic E-state index is -0.635. The van der Waals surface area contributed by atoms with Gasteiger partial charge in [-0.3, -0.25) is 4.57 Å². The second kappa shape index (κ2) is 4.05. The van der Waals surface area contributed by atoms with E-state index in [2.05, 4.69) is 15.0 Å². The van der Waals surface area contributed by atoms with Crippen molar-refractivity contribution in [3.05, 3.63) is 6.33 Å². The maximum absolute atomic E-state index is 8.94. The van der Waals surface area contributed by atoms with Crippen LogP contribution in [0.25, 0.3) is 11.2 Å². The van der Waals surface area contributed by atoms with E-state index < -0.39 is 12.5 Å². The summed E-state index contributed by atoms with van der Waals surface area (Å²) in [7, 11) is 0. The highest BCUT2D eigenvalue weighted by Crippen LogP contribution is 2.26. The molecule has 0 bridgehead atoms. The second-order valence-electron chi connectivity index (χ2n) is 3.83. The Morgan fingerprint density at radius 1 is 1.44 bits per heavy atom. The average molecular weight is 252 g/mol. The molecule has 1 fully saturated rings. The van der Waals surface area contributed by atoms with E-state index in [-0.39, 0.29) is 18.4 Å². The molecule has 0 amide bonds. The molecule has 2 aromatic heterocycles. The van der Waals surface area contributed by atoms with Gasteiger partial charge in [0, 0.05) is 0 Å². The van der Waals surface area contributed by atoms with Gasteiger partial charge in [0.2, 0.25) is 5.95 Å². The highest BCUT2D eigenvalue weighted by atomic mass is 16.7. The molecule has 1 aliphatic rings. The Bertz CT molecular complexity index is 585. The van der Waals surface area contributed by atoms with Crippen LogP contribution < -0.4 is 11.5 Å². The van der Waals surface area contributed by atoms with Gasteiger partial charge in [0.15, 0.2) is 24.0 Å². The standard InChI is InChI=1S/C9H12N6O3/c10-7-6-8(14-9(11)13-7)15(3-12-6)4-2-17-5(1-16)18-4/h3-5,16H,1-2H2,(H4,10,11,13,14)/t4?,5-/m1/s1. The van der Waals surface area contributed by atoms with E-state index >= 15 is 0 Å². The molecule has 2 atom stereocenters. The summed E-state index contributed by atoms with van der Waals surface area (Å²) in [6.07, 6.45) is 0.480. The third-order valence-electron chi connectivity index (χ3n) is 2.66. The molecule has 0 saturated carbocycles. The number of aromatic nitrogens is 4. The minimum Gasteiger partial charge on any atom is -0.391 e. The van der Waals surface area contributed by atoms with Crippen LogP contribution in [0, 0.1) is 0 Å². The van der Waals surface area contributed by atoms with Crippen LogP contribution in [-0.4, -0.2) is 44.1 Å². The van der Waals surface area contributed by atoms with E-state index in [9.17, 15) is 0 Å². The topological polar surface area (TPSA) is 134 Å². The number of hydrogen-bond acceptors (Lipinski definition) is 8. The normalized spacial score (nSPS) is 23.8. The quantitative estimate of drug-likeness (QED) is 0.610. The van der Waals surface area contributed by atoms with Crippen molar-refractivity contribution in [3.63, 3.8) is 0 Å². The number of aliphatic hydroxyl groups is 1. The number of nitrogens with zero attached hydrogens (tertiary/aromatic N) is 4. The van der Waals surface area contributed by atoms with Crippen molar-refractivity contribution >= 4 is 22.9 Å². The Morgan fingerprint density at radius 2 is 2.28 bits per heavy atom. The zero-order valence-corrected chi connectivity index (χ0v) is 9.35. The van der Waals surface area contributed by atoms with Gasteiger partial charge in [0.05, 0.1) is 19.5 Å². The van der Waals surface area contributed by atoms with Crippen LogP contribution >= 0.6 is 0 Å². The Labute approximate surface area is 101 Å². The molecule has 5 N–H and O–H groups in total. The van der Waals surface area contributed by atoms with E-state index in [1.54, 1.807) is 4.57 Å². The lowest BCUT2D eigenvalue weighted by Crippen LogP contribution is -2.15. The highest BCUT2D eigenvalue weighted by molar-refractivity contribution is 5.82. The molecule has 0 radical (unpaired) electrons. The van der Waals surface area contributed by atoms with Gasteiger partial charge in [0.1, 0.15) is 5.52 Å². The predicted octanol–water partition coefficient (Wildman–Crippen LogP) is -1.15. The number of rotatable bonds is 2. The predicted molar refractivity (Wildman–Crippen MR) is 61.1 cm³/mol. The van der Waals surface area contributed by atoms with Crippen molar-refractivity contribution in [2.45, 2.75) is 12.5 Å². The fraction of sp³-hybridized carbons (Fsp3) is 0.444. The lowest BCUT2D eigenvalue weighted by molar-refractivity contribution is -0.0980. The zero-order valence-electron chi connectivity index (χ0n) is 9.35. The Kier molecular flexibility index (Phi) is 2.51. The summed E-state index contributed by atoms with van der Waals surface area (Å²) in [4.78, 5) is 12.0. The van der Waals surface area contributed by atoms with Crippen molar-refractivity contribution in [1.82, 2.24) is 19.5 Å². The van der Waals surface area contributed by atoms with Gasteiger partial charge in [-0.2, -0.15) is 9.97 Å². The molecular formula is C9H12N6O3. The summed E-state index contributed by atoms with van der Waals surface area (Å²) in [6.45, 7) is 0.0862. The van der Waals surface area contributed by atoms with E-state index in [0.717, 1.165) is 0 Å². The first kappa shape index (κ1) is 11.1. The molecule has 1 saturated heterocycles. The van der Waals surface area contributed by atoms with E-state index in [1.165, 1.54) is 6.33 Å². The van der Waals surface area contributed by atoms with Gasteiger partial charge >= 0.3 is 0 Å². The molecule has 0 spiro atoms. The third-order valence-corrected chi connectivity index (χ3v) is 2.66. The van der Waals surface area contributed by atoms with Crippen LogP contribution in [0.3, 0.4) is 0 Å². The van der Waals surface area contributed by atoms with Crippen LogP contribution in [0.2, 0.25) is 0 Å². The number of nitrogen functional groups attached to an aromatic ring is 2. The first-order chi connectivity index (χ1) is 8.69. The third kappa shape index (κ3) is 1.65. The Balaban J connectivity index is 2.03. The zero-order chi connectivity index (χ0) is 12.7. The molecule has 3 rings (SSSR count). The molecule has 2 aromatic rings. The second-order valence-corrected chi connectivity index (χ2v) is 3.83.